The van der Waals surface area contributed by atoms with Crippen LogP contribution < -0.4 is 120 Å². The van der Waals surface area contributed by atoms with E-state index in [-0.39, 0.29) is 101 Å². The molecule has 5 saturated heterocycles. The van der Waals surface area contributed by atoms with Crippen LogP contribution in [0.3, 0.4) is 0 Å². The number of phosphoric acid groups is 1. The van der Waals surface area contributed by atoms with Crippen LogP contribution >= 0.6 is 7.82 Å². The topological polar surface area (TPSA) is 711 Å². The van der Waals surface area contributed by atoms with Gasteiger partial charge in [0.1, 0.15) is 103 Å². The molecule has 96 heavy (non-hydrogen) atoms. The Balaban J connectivity index is 0.000000190. The van der Waals surface area contributed by atoms with Crippen LogP contribution in [0.2, 0.25) is 0 Å². The second kappa shape index (κ2) is 33.7. The molecule has 48 heteroatoms. The summed E-state index contributed by atoms with van der Waals surface area (Å²) in [5.41, 5.74) is 13.9. The summed E-state index contributed by atoms with van der Waals surface area (Å²) in [6, 6.07) is 2.46. The van der Waals surface area contributed by atoms with E-state index in [1.54, 1.807) is 6.92 Å². The van der Waals surface area contributed by atoms with Gasteiger partial charge in [0.2, 0.25) is 5.95 Å². The molecule has 5 aliphatic heterocycles. The van der Waals surface area contributed by atoms with Crippen molar-refractivity contribution in [2.45, 2.75) is 130 Å². The summed E-state index contributed by atoms with van der Waals surface area (Å²) >= 11 is 0. The number of ether oxygens (including phenoxy) is 5. The van der Waals surface area contributed by atoms with Crippen molar-refractivity contribution in [3.8, 4) is 0 Å². The smallest absolute Gasteiger partial charge is 0.790 e. The number of hydrogen-bond donors (Lipinski definition) is 19. The Morgan fingerprint density at radius 2 is 1.04 bits per heavy atom. The standard InChI is InChI=1S/C10H14N5O8P.C10H13N5O4.C10H14N2O5.C9H13N3O5.C9H12N2O6.2Na/c11-10-13-7-4(8(18)14-10)12-2-15(7)9-6(17)5(16)3(23-9)1-22-24(19,20)21;11-8-5-9(13-2-12-8)15(3-14-5)10-7(18)6(17)4(1-16)19-10;1-5-3-12(10(16)11-9(5)15)8-2-6(14)7(4-13)17-8;10-5-1-2-12(9(16)11-5)8-7(15)6(14)4(3-13)17-8;12-3-4-6(14)7(15)8(17-4)11-2-1-5(13)10-9(11)16;;/h2-3,5-6,9,16-17H,1H2,(H2,19,20,21)(H3,11,13,14,18);2-4,6-7,10,16-18H,1H2,(H2,11,12,13);3,6-8,13-14H,2,4H2,1H3,(H,11,15,16);1-2,4,6-8,13-15H,3H2,(H2,10,11,16);1-2,4,6-8,12,14-15H,3H2,(H,10,13,16);;/q;;;;;2*+1/p-2/t3-,5-,6+,9-;4-,6-,7+,10-;6-,7+,8+;4-,6-,7+,8-;4-,6+,7-,8-;;/m11011../s1. The fourth-order valence-corrected chi connectivity index (χ4v) is 10.2. The van der Waals surface area contributed by atoms with Crippen molar-refractivity contribution in [2.24, 2.45) is 0 Å². The molecule has 0 saturated carbocycles. The molecule has 22 N–H and O–H groups in total. The van der Waals surface area contributed by atoms with E-state index >= 15 is 0 Å². The number of anilines is 3. The maximum atomic E-state index is 11.7. The summed E-state index contributed by atoms with van der Waals surface area (Å²) in [6.07, 6.45) is -13.3. The van der Waals surface area contributed by atoms with Gasteiger partial charge in [0.05, 0.1) is 59.6 Å². The third-order valence-corrected chi connectivity index (χ3v) is 15.2. The third kappa shape index (κ3) is 17.7. The van der Waals surface area contributed by atoms with Crippen LogP contribution in [-0.2, 0) is 32.8 Å². The zero-order chi connectivity index (χ0) is 68.9. The van der Waals surface area contributed by atoms with Crippen molar-refractivity contribution in [1.82, 2.24) is 67.7 Å². The Morgan fingerprint density at radius 3 is 1.54 bits per heavy atom. The summed E-state index contributed by atoms with van der Waals surface area (Å²) in [7, 11) is -5.26. The van der Waals surface area contributed by atoms with Crippen LogP contribution in [0.5, 0.6) is 0 Å². The predicted octanol–water partition coefficient (Wildman–Crippen LogP) is -18.7. The van der Waals surface area contributed by atoms with Gasteiger partial charge in [-0.1, -0.05) is 0 Å². The molecule has 0 spiro atoms. The number of aromatic amines is 3. The first-order valence-corrected chi connectivity index (χ1v) is 29.0. The van der Waals surface area contributed by atoms with Crippen molar-refractivity contribution in [3.05, 3.63) is 118 Å². The largest absolute Gasteiger partial charge is 1.00 e. The number of nitrogens with zero attached hydrogens (tertiary/aromatic N) is 11. The maximum absolute atomic E-state index is 11.7. The molecule has 5 aliphatic rings. The zero-order valence-corrected chi connectivity index (χ0v) is 55.3. The van der Waals surface area contributed by atoms with Gasteiger partial charge in [-0.05, 0) is 13.0 Å². The van der Waals surface area contributed by atoms with Crippen molar-refractivity contribution < 1.29 is 168 Å². The maximum Gasteiger partial charge on any atom is 1.00 e. The Morgan fingerprint density at radius 1 is 0.562 bits per heavy atom. The van der Waals surface area contributed by atoms with Crippen LogP contribution in [0.1, 0.15) is 43.1 Å². The van der Waals surface area contributed by atoms with E-state index in [0.29, 0.717) is 16.7 Å². The summed E-state index contributed by atoms with van der Waals surface area (Å²) < 4.78 is 46.7. The van der Waals surface area contributed by atoms with Gasteiger partial charge in [-0.2, -0.15) is 9.97 Å². The molecule has 12 heterocycles. The third-order valence-electron chi connectivity index (χ3n) is 14.8. The molecule has 7 aromatic rings. The molecule has 5 fully saturated rings. The number of aliphatic hydroxyl groups is 13. The van der Waals surface area contributed by atoms with E-state index in [0.717, 1.165) is 32.3 Å². The van der Waals surface area contributed by atoms with E-state index < -0.39 is 185 Å². The van der Waals surface area contributed by atoms with E-state index in [1.165, 1.54) is 40.2 Å². The average Bonchev–Trinajstić information content (AvgIpc) is 1.64. The second-order valence-corrected chi connectivity index (χ2v) is 22.1. The molecular weight excluding hydrogens is 1340 g/mol. The van der Waals surface area contributed by atoms with Gasteiger partial charge >= 0.3 is 76.2 Å². The van der Waals surface area contributed by atoms with Gasteiger partial charge in [-0.3, -0.25) is 52.2 Å². The average molecular weight is 1400 g/mol. The van der Waals surface area contributed by atoms with E-state index in [1.807, 2.05) is 4.98 Å². The Kier molecular flexibility index (Phi) is 27.7. The number of aromatic nitrogens is 14. The fraction of sp³-hybridized carbons (Fsp3) is 0.542. The molecule has 0 unspecified atom stereocenters. The number of nitrogens with one attached hydrogen (secondary N) is 3. The molecule has 0 bridgehead atoms. The molecule has 516 valence electrons. The molecule has 12 rings (SSSR count). The first-order chi connectivity index (χ1) is 44.4. The van der Waals surface area contributed by atoms with E-state index in [4.69, 9.17) is 61.3 Å². The van der Waals surface area contributed by atoms with E-state index in [9.17, 15) is 89.1 Å². The fourth-order valence-electron chi connectivity index (χ4n) is 9.87. The number of imidazole rings is 2. The van der Waals surface area contributed by atoms with Crippen LogP contribution in [0.25, 0.3) is 22.3 Å². The van der Waals surface area contributed by atoms with Crippen LogP contribution in [0, 0.1) is 6.92 Å². The molecule has 0 aliphatic carbocycles. The first kappa shape index (κ1) is 78.9. The molecule has 19 atom stereocenters. The second-order valence-electron chi connectivity index (χ2n) is 21.0. The number of aliphatic hydroxyl groups excluding tert-OH is 13. The molecule has 0 amide bonds. The van der Waals surface area contributed by atoms with Gasteiger partial charge in [-0.25, -0.2) is 34.3 Å². The van der Waals surface area contributed by atoms with Gasteiger partial charge in [-0.15, -0.1) is 0 Å². The number of phosphoric ester groups is 1. The van der Waals surface area contributed by atoms with Crippen LogP contribution in [0.15, 0.2) is 78.5 Å². The van der Waals surface area contributed by atoms with Gasteiger partial charge in [0.25, 0.3) is 16.7 Å². The number of nitrogen functional groups attached to an aromatic ring is 3. The van der Waals surface area contributed by atoms with Crippen LogP contribution in [0.4, 0.5) is 17.6 Å². The van der Waals surface area contributed by atoms with Crippen molar-refractivity contribution >= 4 is 47.7 Å². The van der Waals surface area contributed by atoms with Gasteiger partial charge in [0.15, 0.2) is 47.5 Å². The molecule has 0 aromatic carbocycles. The molecule has 0 radical (unpaired) electrons. The minimum atomic E-state index is -5.26. The number of hydrogen-bond acceptors (Lipinski definition) is 37. The monoisotopic (exact) mass is 1400 g/mol. The Hall–Kier alpha value is -6.07. The Bertz CT molecular complexity index is 4170. The Labute approximate surface area is 578 Å². The normalized spacial score (nSPS) is 29.8. The summed E-state index contributed by atoms with van der Waals surface area (Å²) in [6.45, 7) is -0.836. The number of rotatable bonds is 12. The number of fused-ring (bicyclic) bond motifs is 2. The van der Waals surface area contributed by atoms with Crippen molar-refractivity contribution in [2.75, 3.05) is 50.2 Å². The molecule has 45 nitrogen and oxygen atoms in total. The minimum absolute atomic E-state index is 0. The molecule has 7 aromatic heterocycles. The number of aryl methyl sites for hydroxylation is 1. The number of nitrogens with two attached hydrogens (primary N) is 3. The van der Waals surface area contributed by atoms with Gasteiger partial charge in [0, 0.05) is 36.6 Å². The zero-order valence-electron chi connectivity index (χ0n) is 50.4. The van der Waals surface area contributed by atoms with Crippen LogP contribution in [-0.4, -0.2) is 253 Å². The van der Waals surface area contributed by atoms with Crippen molar-refractivity contribution in [1.29, 1.82) is 0 Å². The van der Waals surface area contributed by atoms with Gasteiger partial charge < -0.3 is 126 Å². The van der Waals surface area contributed by atoms with Crippen molar-refractivity contribution in [3.63, 3.8) is 0 Å². The summed E-state index contributed by atoms with van der Waals surface area (Å²) in [5.74, 6) is 0.0781. The first-order valence-electron chi connectivity index (χ1n) is 27.6. The predicted molar refractivity (Wildman–Crippen MR) is 303 cm³/mol. The summed E-state index contributed by atoms with van der Waals surface area (Å²) in [4.78, 5) is 119. The van der Waals surface area contributed by atoms with E-state index in [2.05, 4.69) is 44.4 Å². The minimum Gasteiger partial charge on any atom is -0.790 e. The SMILES string of the molecule is Cc1cn([C@H]2C[C@H](O)[C@@H](CO)O2)c(=O)[nH]c1=O.Nc1ccn([C@@H]2O[C@H](CO)[C@@H](O)[C@@H]2O)c(=O)n1.Nc1nc2c(ncn2[C@@H]2O[C@H](COP(=O)([O-])[O-])[C@@H](O)[C@@H]2O)c(=O)[nH]1.Nc1ncnc2c1ncn2[C@@H]1O[C@H](CO)[C@@H](O)[C@@H]1O.O=c1ccn([C@@H]2O[C@H](CO)[C@H](O)[C@H]2O)c(=O)[nH]1.[Na+].[Na+]. The summed E-state index contributed by atoms with van der Waals surface area (Å²) in [5, 5.41) is 123. The number of H-pyrrole nitrogens is 3. The quantitative estimate of drug-likeness (QED) is 0.0399. The molecular formula is C48H64N17Na2O28P.